The smallest absolute Gasteiger partial charge is 0.239 e. The molecule has 1 aromatic rings. The number of rotatable bonds is 6. The summed E-state index contributed by atoms with van der Waals surface area (Å²) in [4.78, 5) is 15.3. The van der Waals surface area contributed by atoms with E-state index in [-0.39, 0.29) is 0 Å². The molecule has 0 aromatic carbocycles. The van der Waals surface area contributed by atoms with Gasteiger partial charge in [0, 0.05) is 12.3 Å². The van der Waals surface area contributed by atoms with E-state index in [2.05, 4.69) is 10.3 Å². The Hall–Kier alpha value is -1.62. The van der Waals surface area contributed by atoms with Gasteiger partial charge >= 0.3 is 0 Å². The van der Waals surface area contributed by atoms with Crippen LogP contribution < -0.4 is 15.8 Å². The highest BCUT2D eigenvalue weighted by molar-refractivity contribution is 5.81. The van der Waals surface area contributed by atoms with Crippen LogP contribution in [-0.4, -0.2) is 24.5 Å². The van der Waals surface area contributed by atoms with Crippen LogP contribution in [0.1, 0.15) is 24.9 Å². The zero-order chi connectivity index (χ0) is 12.0. The van der Waals surface area contributed by atoms with E-state index in [4.69, 9.17) is 10.5 Å². The molecule has 1 amide bonds. The second-order valence-electron chi connectivity index (χ2n) is 3.42. The normalized spacial score (nSPS) is 12.1. The number of hydrogen-bond acceptors (Lipinski definition) is 4. The van der Waals surface area contributed by atoms with E-state index in [1.165, 1.54) is 0 Å². The van der Waals surface area contributed by atoms with E-state index in [1.807, 2.05) is 6.92 Å². The summed E-state index contributed by atoms with van der Waals surface area (Å²) in [6.07, 6.45) is 2.53. The van der Waals surface area contributed by atoms with Crippen molar-refractivity contribution in [3.63, 3.8) is 0 Å². The van der Waals surface area contributed by atoms with Gasteiger partial charge in [-0.25, -0.2) is 4.98 Å². The number of ether oxygens (including phenoxy) is 1. The lowest BCUT2D eigenvalue weighted by molar-refractivity contribution is -0.120. The van der Waals surface area contributed by atoms with E-state index in [9.17, 15) is 4.79 Å². The topological polar surface area (TPSA) is 77.2 Å². The molecule has 5 heteroatoms. The number of nitrogens with one attached hydrogen (secondary N) is 1. The van der Waals surface area contributed by atoms with Crippen molar-refractivity contribution in [2.75, 3.05) is 13.7 Å². The Bertz CT molecular complexity index is 338. The minimum Gasteiger partial charge on any atom is -0.481 e. The number of carbonyl (C=O) groups is 1. The number of amides is 1. The molecule has 3 N–H and O–H groups in total. The largest absolute Gasteiger partial charge is 0.481 e. The highest BCUT2D eigenvalue weighted by atomic mass is 16.5. The van der Waals surface area contributed by atoms with Crippen LogP contribution in [0.2, 0.25) is 0 Å². The molecule has 0 fully saturated rings. The molecule has 0 aliphatic rings. The molecule has 0 spiro atoms. The van der Waals surface area contributed by atoms with Crippen molar-refractivity contribution < 1.29 is 9.53 Å². The number of primary amides is 1. The minimum atomic E-state index is -0.488. The molecule has 0 aliphatic carbocycles. The molecule has 1 aromatic heterocycles. The monoisotopic (exact) mass is 223 g/mol. The first-order valence-corrected chi connectivity index (χ1v) is 5.21. The lowest BCUT2D eigenvalue weighted by Gasteiger charge is -2.14. The zero-order valence-electron chi connectivity index (χ0n) is 9.56. The maximum Gasteiger partial charge on any atom is 0.239 e. The van der Waals surface area contributed by atoms with Crippen molar-refractivity contribution in [3.05, 3.63) is 23.9 Å². The Morgan fingerprint density at radius 2 is 2.38 bits per heavy atom. The number of methoxy groups -OCH3 is 1. The molecular formula is C11H17N3O2. The van der Waals surface area contributed by atoms with E-state index >= 15 is 0 Å². The Balaban J connectivity index is 2.79. The van der Waals surface area contributed by atoms with Gasteiger partial charge in [0.05, 0.1) is 7.11 Å². The second kappa shape index (κ2) is 6.07. The fourth-order valence-corrected chi connectivity index (χ4v) is 1.35. The van der Waals surface area contributed by atoms with Gasteiger partial charge in [-0.3, -0.25) is 4.79 Å². The molecule has 1 rings (SSSR count). The molecular weight excluding hydrogens is 206 g/mol. The Kier molecular flexibility index (Phi) is 4.72. The summed E-state index contributed by atoms with van der Waals surface area (Å²) in [6.45, 7) is 2.76. The lowest BCUT2D eigenvalue weighted by Crippen LogP contribution is -2.34. The van der Waals surface area contributed by atoms with Crippen molar-refractivity contribution in [2.24, 2.45) is 5.73 Å². The molecule has 1 heterocycles. The first-order valence-electron chi connectivity index (χ1n) is 5.21. The average Bonchev–Trinajstić information content (AvgIpc) is 2.30. The Labute approximate surface area is 95.0 Å². The van der Waals surface area contributed by atoms with Gasteiger partial charge in [-0.05, 0) is 18.5 Å². The summed E-state index contributed by atoms with van der Waals surface area (Å²) >= 11 is 0. The van der Waals surface area contributed by atoms with Crippen molar-refractivity contribution >= 4 is 5.91 Å². The molecule has 16 heavy (non-hydrogen) atoms. The van der Waals surface area contributed by atoms with Crippen LogP contribution in [0.25, 0.3) is 0 Å². The van der Waals surface area contributed by atoms with Gasteiger partial charge in [0.1, 0.15) is 6.04 Å². The van der Waals surface area contributed by atoms with Gasteiger partial charge in [-0.1, -0.05) is 13.0 Å². The second-order valence-corrected chi connectivity index (χ2v) is 3.42. The van der Waals surface area contributed by atoms with Gasteiger partial charge < -0.3 is 15.8 Å². The van der Waals surface area contributed by atoms with E-state index in [0.29, 0.717) is 5.88 Å². The maximum absolute atomic E-state index is 11.3. The van der Waals surface area contributed by atoms with Crippen molar-refractivity contribution in [1.82, 2.24) is 10.3 Å². The zero-order valence-corrected chi connectivity index (χ0v) is 9.56. The molecule has 0 saturated heterocycles. The number of nitrogens with two attached hydrogens (primary N) is 1. The van der Waals surface area contributed by atoms with Crippen LogP contribution in [0.15, 0.2) is 18.3 Å². The summed E-state index contributed by atoms with van der Waals surface area (Å²) < 4.78 is 4.94. The van der Waals surface area contributed by atoms with E-state index < -0.39 is 11.9 Å². The SMILES string of the molecule is CCCNC(C(N)=O)c1ccc(OC)nc1. The summed E-state index contributed by atoms with van der Waals surface area (Å²) in [7, 11) is 1.54. The van der Waals surface area contributed by atoms with Crippen LogP contribution in [0.3, 0.4) is 0 Å². The number of nitrogens with zero attached hydrogens (tertiary/aromatic N) is 1. The molecule has 1 atom stereocenters. The van der Waals surface area contributed by atoms with E-state index in [1.54, 1.807) is 25.4 Å². The highest BCUT2D eigenvalue weighted by Crippen LogP contribution is 2.14. The van der Waals surface area contributed by atoms with Crippen LogP contribution in [0.5, 0.6) is 5.88 Å². The minimum absolute atomic E-state index is 0.402. The highest BCUT2D eigenvalue weighted by Gasteiger charge is 2.16. The van der Waals surface area contributed by atoms with Gasteiger partial charge in [0.2, 0.25) is 11.8 Å². The Morgan fingerprint density at radius 1 is 1.62 bits per heavy atom. The van der Waals surface area contributed by atoms with Gasteiger partial charge in [-0.15, -0.1) is 0 Å². The molecule has 0 aliphatic heterocycles. The van der Waals surface area contributed by atoms with Crippen LogP contribution in [0.4, 0.5) is 0 Å². The fourth-order valence-electron chi connectivity index (χ4n) is 1.35. The quantitative estimate of drug-likeness (QED) is 0.741. The predicted molar refractivity (Wildman–Crippen MR) is 61.0 cm³/mol. The van der Waals surface area contributed by atoms with Crippen LogP contribution in [-0.2, 0) is 4.79 Å². The summed E-state index contributed by atoms with van der Waals surface area (Å²) in [5.74, 6) is 0.114. The first kappa shape index (κ1) is 12.4. The molecule has 0 saturated carbocycles. The summed E-state index contributed by atoms with van der Waals surface area (Å²) in [6, 6.07) is 3.00. The third-order valence-electron chi connectivity index (χ3n) is 2.18. The van der Waals surface area contributed by atoms with Gasteiger partial charge in [0.15, 0.2) is 0 Å². The number of hydrogen-bond donors (Lipinski definition) is 2. The van der Waals surface area contributed by atoms with Crippen molar-refractivity contribution in [1.29, 1.82) is 0 Å². The van der Waals surface area contributed by atoms with Gasteiger partial charge in [0.25, 0.3) is 0 Å². The summed E-state index contributed by atoms with van der Waals surface area (Å²) in [5, 5.41) is 3.07. The average molecular weight is 223 g/mol. The van der Waals surface area contributed by atoms with E-state index in [0.717, 1.165) is 18.5 Å². The van der Waals surface area contributed by atoms with Crippen molar-refractivity contribution in [3.8, 4) is 5.88 Å². The fraction of sp³-hybridized carbons (Fsp3) is 0.455. The van der Waals surface area contributed by atoms with Crippen molar-refractivity contribution in [2.45, 2.75) is 19.4 Å². The molecule has 1 unspecified atom stereocenters. The Morgan fingerprint density at radius 3 is 2.81 bits per heavy atom. The lowest BCUT2D eigenvalue weighted by atomic mass is 10.1. The molecule has 0 bridgehead atoms. The van der Waals surface area contributed by atoms with Crippen LogP contribution >= 0.6 is 0 Å². The third kappa shape index (κ3) is 3.20. The standard InChI is InChI=1S/C11H17N3O2/c1-3-6-13-10(11(12)15)8-4-5-9(16-2)14-7-8/h4-5,7,10,13H,3,6H2,1-2H3,(H2,12,15). The third-order valence-corrected chi connectivity index (χ3v) is 2.18. The number of pyridine rings is 1. The number of aromatic nitrogens is 1. The molecule has 0 radical (unpaired) electrons. The molecule has 88 valence electrons. The first-order chi connectivity index (χ1) is 7.69. The maximum atomic E-state index is 11.3. The molecule has 5 nitrogen and oxygen atoms in total. The predicted octanol–water partition coefficient (Wildman–Crippen LogP) is 0.616. The van der Waals surface area contributed by atoms with Gasteiger partial charge in [-0.2, -0.15) is 0 Å². The number of carbonyl (C=O) groups excluding carboxylic acids is 1. The van der Waals surface area contributed by atoms with Crippen LogP contribution in [0, 0.1) is 0 Å². The summed E-state index contributed by atoms with van der Waals surface area (Å²) in [5.41, 5.74) is 6.07.